The van der Waals surface area contributed by atoms with Crippen LogP contribution in [-0.2, 0) is 6.42 Å². The van der Waals surface area contributed by atoms with Gasteiger partial charge in [-0.2, -0.15) is 0 Å². The van der Waals surface area contributed by atoms with Crippen LogP contribution in [0.4, 0.5) is 0 Å². The van der Waals surface area contributed by atoms with Gasteiger partial charge in [0.05, 0.1) is 0 Å². The zero-order valence-electron chi connectivity index (χ0n) is 9.78. The maximum atomic E-state index is 12.1. The van der Waals surface area contributed by atoms with Crippen molar-refractivity contribution >= 4 is 33.3 Å². The summed E-state index contributed by atoms with van der Waals surface area (Å²) in [4.78, 5) is 16.2. The number of Topliss-reactive ketones (excluding diaryl/α,β-unsaturated/α-hetero) is 1. The lowest BCUT2D eigenvalue weighted by Gasteiger charge is -2.05. The number of aryl methyl sites for hydroxylation is 1. The summed E-state index contributed by atoms with van der Waals surface area (Å²) < 4.78 is 0.906. The minimum atomic E-state index is 0.0460. The number of pyridine rings is 1. The van der Waals surface area contributed by atoms with Gasteiger partial charge in [0.15, 0.2) is 5.78 Å². The van der Waals surface area contributed by atoms with Crippen LogP contribution in [0, 0.1) is 6.92 Å². The number of carbonyl (C=O) groups is 1. The van der Waals surface area contributed by atoms with Crippen LogP contribution in [0.5, 0.6) is 0 Å². The van der Waals surface area contributed by atoms with Crippen LogP contribution in [0.1, 0.15) is 21.6 Å². The lowest BCUT2D eigenvalue weighted by molar-refractivity contribution is 0.0993. The van der Waals surface area contributed by atoms with Gasteiger partial charge in [-0.1, -0.05) is 33.6 Å². The monoisotopic (exact) mass is 323 g/mol. The molecule has 1 heterocycles. The van der Waals surface area contributed by atoms with Gasteiger partial charge in [0.1, 0.15) is 0 Å². The molecule has 0 aliphatic rings. The second-order valence-electron chi connectivity index (χ2n) is 4.02. The van der Waals surface area contributed by atoms with Crippen molar-refractivity contribution in [2.75, 3.05) is 0 Å². The van der Waals surface area contributed by atoms with Gasteiger partial charge in [-0.3, -0.25) is 9.78 Å². The number of benzene rings is 1. The minimum absolute atomic E-state index is 0.0460. The molecule has 92 valence electrons. The molecule has 2 aromatic rings. The predicted octanol–water partition coefficient (Wildman–Crippen LogP) is 4.23. The highest BCUT2D eigenvalue weighted by Crippen LogP contribution is 2.22. The Bertz CT molecular complexity index is 598. The van der Waals surface area contributed by atoms with Crippen molar-refractivity contribution in [3.63, 3.8) is 0 Å². The number of ketones is 1. The molecule has 0 N–H and O–H groups in total. The van der Waals surface area contributed by atoms with E-state index in [0.29, 0.717) is 17.0 Å². The molecule has 0 aliphatic heterocycles. The highest BCUT2D eigenvalue weighted by molar-refractivity contribution is 9.10. The Kier molecular flexibility index (Phi) is 4.15. The molecule has 1 aromatic heterocycles. The van der Waals surface area contributed by atoms with E-state index in [0.717, 1.165) is 15.7 Å². The summed E-state index contributed by atoms with van der Waals surface area (Å²) in [6.45, 7) is 1.86. The predicted molar refractivity (Wildman–Crippen MR) is 76.2 cm³/mol. The van der Waals surface area contributed by atoms with Crippen LogP contribution < -0.4 is 0 Å². The van der Waals surface area contributed by atoms with Crippen molar-refractivity contribution in [1.29, 1.82) is 0 Å². The smallest absolute Gasteiger partial charge is 0.167 e. The maximum absolute atomic E-state index is 12.1. The summed E-state index contributed by atoms with van der Waals surface area (Å²) in [7, 11) is 0. The summed E-state index contributed by atoms with van der Waals surface area (Å²) in [5, 5.41) is 0.600. The van der Waals surface area contributed by atoms with E-state index in [-0.39, 0.29) is 5.78 Å². The van der Waals surface area contributed by atoms with Crippen molar-refractivity contribution in [1.82, 2.24) is 4.98 Å². The first kappa shape index (κ1) is 13.2. The first-order chi connectivity index (χ1) is 8.56. The third-order valence-electron chi connectivity index (χ3n) is 2.58. The molecule has 0 amide bonds. The lowest BCUT2D eigenvalue weighted by Crippen LogP contribution is -2.04. The van der Waals surface area contributed by atoms with Crippen LogP contribution in [0.15, 0.2) is 41.0 Å². The normalized spacial score (nSPS) is 10.4. The Hall–Kier alpha value is -1.19. The van der Waals surface area contributed by atoms with Crippen molar-refractivity contribution < 1.29 is 4.79 Å². The fourth-order valence-corrected chi connectivity index (χ4v) is 2.40. The average molecular weight is 325 g/mol. The summed E-state index contributed by atoms with van der Waals surface area (Å²) in [5.74, 6) is 0.0460. The fraction of sp³-hybridized carbons (Fsp3) is 0.143. The molecule has 0 fully saturated rings. The average Bonchev–Trinajstić information content (AvgIpc) is 2.32. The van der Waals surface area contributed by atoms with E-state index >= 15 is 0 Å². The van der Waals surface area contributed by atoms with Crippen molar-refractivity contribution in [2.45, 2.75) is 13.3 Å². The standard InChI is InChI=1S/C14H11BrClNO/c1-9-6-11(4-5-17-9)14(18)7-10-2-3-12(15)8-13(10)16/h2-6,8H,7H2,1H3. The van der Waals surface area contributed by atoms with Gasteiger partial charge in [-0.25, -0.2) is 0 Å². The fourth-order valence-electron chi connectivity index (χ4n) is 1.66. The first-order valence-electron chi connectivity index (χ1n) is 5.46. The molecule has 0 unspecified atom stereocenters. The lowest BCUT2D eigenvalue weighted by atomic mass is 10.0. The Balaban J connectivity index is 2.21. The van der Waals surface area contributed by atoms with E-state index in [1.807, 2.05) is 19.1 Å². The van der Waals surface area contributed by atoms with Crippen LogP contribution >= 0.6 is 27.5 Å². The first-order valence-corrected chi connectivity index (χ1v) is 6.63. The third-order valence-corrected chi connectivity index (χ3v) is 3.43. The highest BCUT2D eigenvalue weighted by Gasteiger charge is 2.10. The van der Waals surface area contributed by atoms with Crippen LogP contribution in [0.25, 0.3) is 0 Å². The second kappa shape index (κ2) is 5.63. The third kappa shape index (κ3) is 3.18. The maximum Gasteiger partial charge on any atom is 0.167 e. The number of hydrogen-bond acceptors (Lipinski definition) is 2. The molecule has 1 aromatic carbocycles. The molecule has 18 heavy (non-hydrogen) atoms. The zero-order valence-corrected chi connectivity index (χ0v) is 12.1. The summed E-state index contributed by atoms with van der Waals surface area (Å²) >= 11 is 9.44. The van der Waals surface area contributed by atoms with Crippen LogP contribution in [0.2, 0.25) is 5.02 Å². The van der Waals surface area contributed by atoms with Gasteiger partial charge in [0.2, 0.25) is 0 Å². The van der Waals surface area contributed by atoms with Crippen LogP contribution in [-0.4, -0.2) is 10.8 Å². The van der Waals surface area contributed by atoms with E-state index in [4.69, 9.17) is 11.6 Å². The Labute approximate surface area is 119 Å². The molecular formula is C14H11BrClNO. The number of carbonyl (C=O) groups excluding carboxylic acids is 1. The number of rotatable bonds is 3. The van der Waals surface area contributed by atoms with E-state index in [1.54, 1.807) is 24.4 Å². The van der Waals surface area contributed by atoms with Gasteiger partial charge < -0.3 is 0 Å². The van der Waals surface area contributed by atoms with E-state index in [2.05, 4.69) is 20.9 Å². The van der Waals surface area contributed by atoms with E-state index in [1.165, 1.54) is 0 Å². The van der Waals surface area contributed by atoms with Gasteiger partial charge in [0.25, 0.3) is 0 Å². The SMILES string of the molecule is Cc1cc(C(=O)Cc2ccc(Br)cc2Cl)ccn1. The van der Waals surface area contributed by atoms with Gasteiger partial charge in [-0.15, -0.1) is 0 Å². The molecule has 2 rings (SSSR count). The molecule has 0 aliphatic carbocycles. The number of hydrogen-bond donors (Lipinski definition) is 0. The molecule has 0 spiro atoms. The van der Waals surface area contributed by atoms with Crippen molar-refractivity contribution in [3.05, 3.63) is 62.8 Å². The molecule has 4 heteroatoms. The molecule has 0 radical (unpaired) electrons. The van der Waals surface area contributed by atoms with Crippen molar-refractivity contribution in [3.8, 4) is 0 Å². The minimum Gasteiger partial charge on any atom is -0.294 e. The van der Waals surface area contributed by atoms with Crippen molar-refractivity contribution in [2.24, 2.45) is 0 Å². The summed E-state index contributed by atoms with van der Waals surface area (Å²) in [5.41, 5.74) is 2.34. The molecule has 0 atom stereocenters. The van der Waals surface area contributed by atoms with Crippen LogP contribution in [0.3, 0.4) is 0 Å². The zero-order chi connectivity index (χ0) is 13.1. The summed E-state index contributed by atoms with van der Waals surface area (Å²) in [6.07, 6.45) is 1.95. The van der Waals surface area contributed by atoms with E-state index in [9.17, 15) is 4.79 Å². The largest absolute Gasteiger partial charge is 0.294 e. The van der Waals surface area contributed by atoms with E-state index < -0.39 is 0 Å². The Morgan fingerprint density at radius 1 is 1.33 bits per heavy atom. The highest BCUT2D eigenvalue weighted by atomic mass is 79.9. The molecule has 2 nitrogen and oxygen atoms in total. The summed E-state index contributed by atoms with van der Waals surface area (Å²) in [6, 6.07) is 9.05. The number of aromatic nitrogens is 1. The Morgan fingerprint density at radius 3 is 2.78 bits per heavy atom. The molecule has 0 bridgehead atoms. The van der Waals surface area contributed by atoms with Gasteiger partial charge in [-0.05, 0) is 36.8 Å². The topological polar surface area (TPSA) is 30.0 Å². The number of halogens is 2. The van der Waals surface area contributed by atoms with Gasteiger partial charge >= 0.3 is 0 Å². The molecule has 0 saturated heterocycles. The molecular weight excluding hydrogens is 314 g/mol. The quantitative estimate of drug-likeness (QED) is 0.791. The Morgan fingerprint density at radius 2 is 2.11 bits per heavy atom. The number of nitrogens with zero attached hydrogens (tertiary/aromatic N) is 1. The molecule has 0 saturated carbocycles. The second-order valence-corrected chi connectivity index (χ2v) is 5.34. The van der Waals surface area contributed by atoms with Gasteiger partial charge in [0, 0.05) is 33.4 Å².